The molecule has 0 aliphatic carbocycles. The van der Waals surface area contributed by atoms with E-state index in [0.717, 1.165) is 36.6 Å². The first-order chi connectivity index (χ1) is 7.24. The van der Waals surface area contributed by atoms with Crippen LogP contribution < -0.4 is 0 Å². The van der Waals surface area contributed by atoms with Crippen molar-refractivity contribution in [3.8, 4) is 0 Å². The number of rotatable bonds is 6. The molecule has 0 aliphatic heterocycles. The van der Waals surface area contributed by atoms with Crippen molar-refractivity contribution in [1.29, 1.82) is 0 Å². The summed E-state index contributed by atoms with van der Waals surface area (Å²) < 4.78 is 1.15. The topological polar surface area (TPSA) is 17.1 Å². The summed E-state index contributed by atoms with van der Waals surface area (Å²) in [6, 6.07) is 8.20. The molecule has 0 heterocycles. The maximum Gasteiger partial charge on any atom is 0.132 e. The van der Waals surface area contributed by atoms with E-state index in [-0.39, 0.29) is 0 Å². The van der Waals surface area contributed by atoms with E-state index >= 15 is 0 Å². The molecule has 0 fully saturated rings. The number of carbonyl (C=O) groups is 1. The number of hydrogen-bond acceptors (Lipinski definition) is 1. The van der Waals surface area contributed by atoms with Crippen molar-refractivity contribution < 1.29 is 4.79 Å². The van der Waals surface area contributed by atoms with Crippen LogP contribution in [0.3, 0.4) is 0 Å². The van der Waals surface area contributed by atoms with Crippen LogP contribution in [0.5, 0.6) is 0 Å². The van der Waals surface area contributed by atoms with Crippen molar-refractivity contribution in [3.05, 3.63) is 34.3 Å². The zero-order valence-corrected chi connectivity index (χ0v) is 10.7. The molecule has 82 valence electrons. The van der Waals surface area contributed by atoms with E-state index < -0.39 is 0 Å². The molecule has 0 saturated heterocycles. The second-order valence-corrected chi connectivity index (χ2v) is 4.59. The van der Waals surface area contributed by atoms with Gasteiger partial charge in [0.15, 0.2) is 0 Å². The molecule has 0 amide bonds. The summed E-state index contributed by atoms with van der Waals surface area (Å²) in [6.07, 6.45) is 4.36. The van der Waals surface area contributed by atoms with Crippen LogP contribution >= 0.6 is 15.9 Å². The van der Waals surface area contributed by atoms with E-state index in [1.165, 1.54) is 5.56 Å². The fraction of sp³-hybridized carbons (Fsp3) is 0.462. The SMILES string of the molecule is CCCC(=O)CCCc1ccccc1Br. The van der Waals surface area contributed by atoms with E-state index in [0.29, 0.717) is 5.78 Å². The first-order valence-electron chi connectivity index (χ1n) is 5.49. The smallest absolute Gasteiger partial charge is 0.132 e. The molecule has 1 nitrogen and oxygen atoms in total. The Hall–Kier alpha value is -0.630. The van der Waals surface area contributed by atoms with Gasteiger partial charge in [-0.05, 0) is 30.9 Å². The standard InChI is InChI=1S/C13H17BrO/c1-2-6-12(15)9-5-8-11-7-3-4-10-13(11)14/h3-4,7,10H,2,5-6,8-9H2,1H3. The first kappa shape index (κ1) is 12.4. The van der Waals surface area contributed by atoms with E-state index in [1.807, 2.05) is 25.1 Å². The molecular weight excluding hydrogens is 252 g/mol. The van der Waals surface area contributed by atoms with E-state index in [1.54, 1.807) is 0 Å². The van der Waals surface area contributed by atoms with Crippen molar-refractivity contribution in [2.24, 2.45) is 0 Å². The van der Waals surface area contributed by atoms with Gasteiger partial charge in [-0.25, -0.2) is 0 Å². The zero-order chi connectivity index (χ0) is 11.1. The number of Topliss-reactive ketones (excluding diaryl/α,β-unsaturated/α-hetero) is 1. The van der Waals surface area contributed by atoms with Crippen molar-refractivity contribution in [2.45, 2.75) is 39.0 Å². The Morgan fingerprint density at radius 3 is 2.67 bits per heavy atom. The lowest BCUT2D eigenvalue weighted by molar-refractivity contribution is -0.119. The van der Waals surface area contributed by atoms with Crippen LogP contribution in [0.15, 0.2) is 28.7 Å². The van der Waals surface area contributed by atoms with Crippen LogP contribution in [0, 0.1) is 0 Å². The minimum atomic E-state index is 0.393. The lowest BCUT2D eigenvalue weighted by Crippen LogP contribution is -1.98. The van der Waals surface area contributed by atoms with Crippen LogP contribution in [-0.4, -0.2) is 5.78 Å². The van der Waals surface area contributed by atoms with E-state index in [2.05, 4.69) is 22.0 Å². The van der Waals surface area contributed by atoms with Gasteiger partial charge in [0.25, 0.3) is 0 Å². The Morgan fingerprint density at radius 2 is 2.00 bits per heavy atom. The van der Waals surface area contributed by atoms with E-state index in [9.17, 15) is 4.79 Å². The largest absolute Gasteiger partial charge is 0.300 e. The van der Waals surface area contributed by atoms with Crippen LogP contribution in [0.1, 0.15) is 38.2 Å². The van der Waals surface area contributed by atoms with Gasteiger partial charge in [0.05, 0.1) is 0 Å². The highest BCUT2D eigenvalue weighted by Gasteiger charge is 2.02. The third kappa shape index (κ3) is 4.61. The second-order valence-electron chi connectivity index (χ2n) is 3.73. The van der Waals surface area contributed by atoms with Crippen LogP contribution in [-0.2, 0) is 11.2 Å². The lowest BCUT2D eigenvalue weighted by atomic mass is 10.1. The first-order valence-corrected chi connectivity index (χ1v) is 6.28. The molecule has 0 saturated carbocycles. The average Bonchev–Trinajstić information content (AvgIpc) is 2.21. The highest BCUT2D eigenvalue weighted by atomic mass is 79.9. The number of ketones is 1. The Kier molecular flexibility index (Phi) is 5.62. The van der Waals surface area contributed by atoms with Gasteiger partial charge in [0, 0.05) is 17.3 Å². The minimum Gasteiger partial charge on any atom is -0.300 e. The van der Waals surface area contributed by atoms with Gasteiger partial charge >= 0.3 is 0 Å². The summed E-state index contributed by atoms with van der Waals surface area (Å²) in [5.41, 5.74) is 1.29. The number of benzene rings is 1. The summed E-state index contributed by atoms with van der Waals surface area (Å²) in [6.45, 7) is 2.05. The molecule has 1 aromatic rings. The fourth-order valence-corrected chi connectivity index (χ4v) is 2.06. The van der Waals surface area contributed by atoms with Gasteiger partial charge in [0.1, 0.15) is 5.78 Å². The summed E-state index contributed by atoms with van der Waals surface area (Å²) >= 11 is 3.51. The normalized spacial score (nSPS) is 10.3. The quantitative estimate of drug-likeness (QED) is 0.758. The molecule has 0 atom stereocenters. The Labute approximate surface area is 100 Å². The molecule has 0 bridgehead atoms. The average molecular weight is 269 g/mol. The lowest BCUT2D eigenvalue weighted by Gasteiger charge is -2.03. The third-order valence-corrected chi connectivity index (χ3v) is 3.16. The predicted molar refractivity (Wildman–Crippen MR) is 67.0 cm³/mol. The van der Waals surface area contributed by atoms with Gasteiger partial charge in [-0.3, -0.25) is 4.79 Å². The predicted octanol–water partition coefficient (Wildman–Crippen LogP) is 4.14. The Bertz CT molecular complexity index is 320. The van der Waals surface area contributed by atoms with Gasteiger partial charge in [0.2, 0.25) is 0 Å². The summed E-state index contributed by atoms with van der Waals surface area (Å²) in [5.74, 6) is 0.393. The molecule has 2 heteroatoms. The molecule has 0 radical (unpaired) electrons. The van der Waals surface area contributed by atoms with Crippen molar-refractivity contribution >= 4 is 21.7 Å². The Balaban J connectivity index is 2.32. The number of halogens is 1. The molecule has 0 spiro atoms. The van der Waals surface area contributed by atoms with Crippen LogP contribution in [0.4, 0.5) is 0 Å². The monoisotopic (exact) mass is 268 g/mol. The molecule has 0 N–H and O–H groups in total. The van der Waals surface area contributed by atoms with Gasteiger partial charge in [-0.1, -0.05) is 41.1 Å². The summed E-state index contributed by atoms with van der Waals surface area (Å²) in [5, 5.41) is 0. The Morgan fingerprint density at radius 1 is 1.27 bits per heavy atom. The molecule has 15 heavy (non-hydrogen) atoms. The minimum absolute atomic E-state index is 0.393. The van der Waals surface area contributed by atoms with Gasteiger partial charge in [-0.15, -0.1) is 0 Å². The molecule has 1 rings (SSSR count). The highest BCUT2D eigenvalue weighted by molar-refractivity contribution is 9.10. The summed E-state index contributed by atoms with van der Waals surface area (Å²) in [4.78, 5) is 11.3. The summed E-state index contributed by atoms with van der Waals surface area (Å²) in [7, 11) is 0. The molecule has 0 aliphatic rings. The number of aryl methyl sites for hydroxylation is 1. The van der Waals surface area contributed by atoms with Gasteiger partial charge in [-0.2, -0.15) is 0 Å². The van der Waals surface area contributed by atoms with Crippen LogP contribution in [0.25, 0.3) is 0 Å². The maximum atomic E-state index is 11.3. The number of carbonyl (C=O) groups excluding carboxylic acids is 1. The highest BCUT2D eigenvalue weighted by Crippen LogP contribution is 2.18. The van der Waals surface area contributed by atoms with Crippen molar-refractivity contribution in [3.63, 3.8) is 0 Å². The third-order valence-electron chi connectivity index (χ3n) is 2.39. The van der Waals surface area contributed by atoms with Crippen molar-refractivity contribution in [1.82, 2.24) is 0 Å². The second kappa shape index (κ2) is 6.78. The van der Waals surface area contributed by atoms with Crippen molar-refractivity contribution in [2.75, 3.05) is 0 Å². The maximum absolute atomic E-state index is 11.3. The molecular formula is C13H17BrO. The zero-order valence-electron chi connectivity index (χ0n) is 9.13. The van der Waals surface area contributed by atoms with E-state index in [4.69, 9.17) is 0 Å². The molecule has 0 aromatic heterocycles. The van der Waals surface area contributed by atoms with Crippen LogP contribution in [0.2, 0.25) is 0 Å². The molecule has 1 aromatic carbocycles. The van der Waals surface area contributed by atoms with Gasteiger partial charge < -0.3 is 0 Å². The number of hydrogen-bond donors (Lipinski definition) is 0. The fourth-order valence-electron chi connectivity index (χ4n) is 1.58. The molecule has 0 unspecified atom stereocenters.